The summed E-state index contributed by atoms with van der Waals surface area (Å²) < 4.78 is 2.05. The Hall–Kier alpha value is -1.75. The second-order valence-electron chi connectivity index (χ2n) is 6.20. The Morgan fingerprint density at radius 2 is 2.04 bits per heavy atom. The number of nitrogens with zero attached hydrogens (tertiary/aromatic N) is 2. The minimum atomic E-state index is -0.181. The number of aryl methyl sites for hydroxylation is 1. The third kappa shape index (κ3) is 4.38. The van der Waals surface area contributed by atoms with Gasteiger partial charge in [-0.1, -0.05) is 37.7 Å². The highest BCUT2D eigenvalue weighted by atomic mass is 32.2. The molecular formula is C18H25N3OS. The van der Waals surface area contributed by atoms with Crippen LogP contribution in [0, 0.1) is 19.8 Å². The molecular weight excluding hydrogens is 306 g/mol. The molecule has 0 aliphatic carbocycles. The fourth-order valence-corrected chi connectivity index (χ4v) is 3.12. The van der Waals surface area contributed by atoms with E-state index < -0.39 is 0 Å². The molecule has 1 N–H and O–H groups in total. The summed E-state index contributed by atoms with van der Waals surface area (Å²) in [5, 5.41) is 3.64. The average Bonchev–Trinajstić information content (AvgIpc) is 2.95. The quantitative estimate of drug-likeness (QED) is 0.820. The van der Waals surface area contributed by atoms with Crippen LogP contribution < -0.4 is 5.32 Å². The summed E-state index contributed by atoms with van der Waals surface area (Å²) in [6.45, 7) is 11.0. The van der Waals surface area contributed by atoms with Gasteiger partial charge in [0.05, 0.1) is 10.9 Å². The van der Waals surface area contributed by atoms with E-state index >= 15 is 0 Å². The Bertz CT molecular complexity index is 679. The van der Waals surface area contributed by atoms with E-state index in [1.807, 2.05) is 19.2 Å². The Morgan fingerprint density at radius 3 is 2.74 bits per heavy atom. The molecule has 23 heavy (non-hydrogen) atoms. The smallest absolute Gasteiger partial charge is 0.233 e. The van der Waals surface area contributed by atoms with Crippen molar-refractivity contribution < 1.29 is 4.79 Å². The van der Waals surface area contributed by atoms with Crippen molar-refractivity contribution in [3.05, 3.63) is 41.7 Å². The molecule has 1 aromatic carbocycles. The van der Waals surface area contributed by atoms with Crippen LogP contribution in [0.4, 0.5) is 0 Å². The lowest BCUT2D eigenvalue weighted by Gasteiger charge is -2.15. The summed E-state index contributed by atoms with van der Waals surface area (Å²) in [5.74, 6) is 0.507. The van der Waals surface area contributed by atoms with Gasteiger partial charge >= 0.3 is 0 Å². The van der Waals surface area contributed by atoms with Gasteiger partial charge in [-0.2, -0.15) is 0 Å². The number of thioether (sulfide) groups is 1. The van der Waals surface area contributed by atoms with E-state index in [4.69, 9.17) is 0 Å². The van der Waals surface area contributed by atoms with Gasteiger partial charge < -0.3 is 5.32 Å². The molecule has 1 amide bonds. The molecule has 1 heterocycles. The topological polar surface area (TPSA) is 46.9 Å². The van der Waals surface area contributed by atoms with Crippen molar-refractivity contribution in [2.45, 2.75) is 45.0 Å². The van der Waals surface area contributed by atoms with Crippen LogP contribution in [0.5, 0.6) is 0 Å². The molecule has 5 heteroatoms. The molecule has 0 radical (unpaired) electrons. The molecule has 0 saturated heterocycles. The lowest BCUT2D eigenvalue weighted by Crippen LogP contribution is -2.33. The molecule has 2 rings (SSSR count). The van der Waals surface area contributed by atoms with Crippen LogP contribution in [0.25, 0.3) is 5.69 Å². The largest absolute Gasteiger partial charge is 0.355 e. The molecule has 4 nitrogen and oxygen atoms in total. The number of hydrogen-bond donors (Lipinski definition) is 1. The third-order valence-electron chi connectivity index (χ3n) is 3.78. The van der Waals surface area contributed by atoms with Crippen LogP contribution in [0.2, 0.25) is 0 Å². The van der Waals surface area contributed by atoms with Crippen LogP contribution in [-0.4, -0.2) is 27.3 Å². The lowest BCUT2D eigenvalue weighted by atomic mass is 10.1. The maximum Gasteiger partial charge on any atom is 0.233 e. The Labute approximate surface area is 142 Å². The van der Waals surface area contributed by atoms with Crippen molar-refractivity contribution in [1.29, 1.82) is 0 Å². The van der Waals surface area contributed by atoms with E-state index in [0.29, 0.717) is 12.5 Å². The van der Waals surface area contributed by atoms with E-state index in [2.05, 4.69) is 54.7 Å². The monoisotopic (exact) mass is 331 g/mol. The van der Waals surface area contributed by atoms with E-state index in [1.54, 1.807) is 6.20 Å². The van der Waals surface area contributed by atoms with Crippen LogP contribution in [0.15, 0.2) is 35.7 Å². The van der Waals surface area contributed by atoms with Gasteiger partial charge in [0.15, 0.2) is 5.16 Å². The predicted molar refractivity (Wildman–Crippen MR) is 96.2 cm³/mol. The van der Waals surface area contributed by atoms with Crippen LogP contribution in [0.3, 0.4) is 0 Å². The number of nitrogens with one attached hydrogen (secondary N) is 1. The van der Waals surface area contributed by atoms with E-state index in [1.165, 1.54) is 22.9 Å². The zero-order valence-electron chi connectivity index (χ0n) is 14.5. The molecule has 1 unspecified atom stereocenters. The molecule has 0 aliphatic heterocycles. The van der Waals surface area contributed by atoms with Crippen molar-refractivity contribution in [2.75, 3.05) is 6.54 Å². The molecule has 1 aromatic heterocycles. The molecule has 1 atom stereocenters. The number of hydrogen-bond acceptors (Lipinski definition) is 3. The van der Waals surface area contributed by atoms with Gasteiger partial charge in [0, 0.05) is 18.9 Å². The van der Waals surface area contributed by atoms with Gasteiger partial charge in [-0.25, -0.2) is 4.98 Å². The van der Waals surface area contributed by atoms with Crippen LogP contribution in [-0.2, 0) is 4.79 Å². The summed E-state index contributed by atoms with van der Waals surface area (Å²) >= 11 is 1.49. The summed E-state index contributed by atoms with van der Waals surface area (Å²) in [7, 11) is 0. The number of carbonyl (C=O) groups is 1. The van der Waals surface area contributed by atoms with E-state index in [9.17, 15) is 4.79 Å². The highest BCUT2D eigenvalue weighted by molar-refractivity contribution is 8.00. The summed E-state index contributed by atoms with van der Waals surface area (Å²) in [4.78, 5) is 16.6. The van der Waals surface area contributed by atoms with Crippen molar-refractivity contribution in [1.82, 2.24) is 14.9 Å². The second-order valence-corrected chi connectivity index (χ2v) is 7.51. The summed E-state index contributed by atoms with van der Waals surface area (Å²) in [6.07, 6.45) is 3.73. The Morgan fingerprint density at radius 1 is 1.30 bits per heavy atom. The molecule has 124 valence electrons. The zero-order valence-corrected chi connectivity index (χ0v) is 15.3. The molecule has 0 saturated carbocycles. The normalized spacial score (nSPS) is 12.4. The highest BCUT2D eigenvalue weighted by Crippen LogP contribution is 2.27. The fourth-order valence-electron chi connectivity index (χ4n) is 2.22. The zero-order chi connectivity index (χ0) is 17.0. The first kappa shape index (κ1) is 17.6. The third-order valence-corrected chi connectivity index (χ3v) is 4.86. The molecule has 0 aliphatic rings. The summed E-state index contributed by atoms with van der Waals surface area (Å²) in [5.41, 5.74) is 3.58. The maximum absolute atomic E-state index is 12.2. The fraction of sp³-hybridized carbons (Fsp3) is 0.444. The van der Waals surface area contributed by atoms with Crippen molar-refractivity contribution in [3.63, 3.8) is 0 Å². The highest BCUT2D eigenvalue weighted by Gasteiger charge is 2.18. The van der Waals surface area contributed by atoms with E-state index in [-0.39, 0.29) is 11.2 Å². The number of carbonyl (C=O) groups excluding carboxylic acids is 1. The van der Waals surface area contributed by atoms with E-state index in [0.717, 1.165) is 10.8 Å². The number of benzene rings is 1. The van der Waals surface area contributed by atoms with Gasteiger partial charge in [0.25, 0.3) is 0 Å². The number of rotatable bonds is 6. The predicted octanol–water partition coefficient (Wildman–Crippen LogP) is 3.74. The standard InChI is InChI=1S/C18H25N3OS/c1-12(2)11-20-17(22)15(5)23-18-19-9-10-21(18)16-8-6-7-13(3)14(16)4/h6-10,12,15H,11H2,1-5H3,(H,20,22). The average molecular weight is 331 g/mol. The maximum atomic E-state index is 12.2. The SMILES string of the molecule is Cc1cccc(-n2ccnc2SC(C)C(=O)NCC(C)C)c1C. The van der Waals surface area contributed by atoms with Gasteiger partial charge in [-0.15, -0.1) is 0 Å². The molecule has 0 fully saturated rings. The summed E-state index contributed by atoms with van der Waals surface area (Å²) in [6, 6.07) is 6.23. The van der Waals surface area contributed by atoms with Gasteiger partial charge in [0.2, 0.25) is 5.91 Å². The second kappa shape index (κ2) is 7.68. The molecule has 2 aromatic rings. The molecule has 0 spiro atoms. The first-order valence-corrected chi connectivity index (χ1v) is 8.82. The minimum Gasteiger partial charge on any atom is -0.355 e. The molecule has 0 bridgehead atoms. The first-order valence-electron chi connectivity index (χ1n) is 7.94. The minimum absolute atomic E-state index is 0.0548. The van der Waals surface area contributed by atoms with Crippen molar-refractivity contribution in [2.24, 2.45) is 5.92 Å². The Kier molecular flexibility index (Phi) is 5.88. The lowest BCUT2D eigenvalue weighted by molar-refractivity contribution is -0.120. The van der Waals surface area contributed by atoms with Crippen LogP contribution >= 0.6 is 11.8 Å². The van der Waals surface area contributed by atoms with Gasteiger partial charge in [-0.3, -0.25) is 9.36 Å². The number of amides is 1. The van der Waals surface area contributed by atoms with Crippen LogP contribution in [0.1, 0.15) is 31.9 Å². The number of aromatic nitrogens is 2. The first-order chi connectivity index (χ1) is 10.9. The van der Waals surface area contributed by atoms with Gasteiger partial charge in [-0.05, 0) is 43.9 Å². The van der Waals surface area contributed by atoms with Crippen molar-refractivity contribution >= 4 is 17.7 Å². The van der Waals surface area contributed by atoms with Crippen molar-refractivity contribution in [3.8, 4) is 5.69 Å². The van der Waals surface area contributed by atoms with Gasteiger partial charge in [0.1, 0.15) is 0 Å². The number of imidazole rings is 1. The Balaban J connectivity index is 2.15.